The van der Waals surface area contributed by atoms with E-state index in [1.165, 1.54) is 0 Å². The number of halogens is 3. The molecule has 4 heteroatoms. The van der Waals surface area contributed by atoms with Crippen molar-refractivity contribution < 1.29 is 13.2 Å². The fraction of sp³-hybridized carbons (Fsp3) is 1.00. The SMILES string of the molecule is CCC(C)CC(CCC(F)(F)F)NC. The van der Waals surface area contributed by atoms with Crippen LogP contribution in [-0.2, 0) is 0 Å². The molecule has 0 aromatic rings. The molecular weight excluding hydrogens is 191 g/mol. The average molecular weight is 211 g/mol. The summed E-state index contributed by atoms with van der Waals surface area (Å²) in [5.41, 5.74) is 0. The van der Waals surface area contributed by atoms with E-state index >= 15 is 0 Å². The molecule has 0 fully saturated rings. The Bertz CT molecular complexity index is 145. The second-order valence-corrected chi connectivity index (χ2v) is 3.89. The predicted molar refractivity (Wildman–Crippen MR) is 52.2 cm³/mol. The van der Waals surface area contributed by atoms with Crippen molar-refractivity contribution >= 4 is 0 Å². The van der Waals surface area contributed by atoms with E-state index in [0.717, 1.165) is 12.8 Å². The van der Waals surface area contributed by atoms with Crippen LogP contribution in [0.4, 0.5) is 13.2 Å². The van der Waals surface area contributed by atoms with E-state index in [1.54, 1.807) is 7.05 Å². The monoisotopic (exact) mass is 211 g/mol. The number of hydrogen-bond acceptors (Lipinski definition) is 1. The molecule has 14 heavy (non-hydrogen) atoms. The molecule has 0 aliphatic carbocycles. The molecule has 0 spiro atoms. The van der Waals surface area contributed by atoms with E-state index in [-0.39, 0.29) is 12.5 Å². The van der Waals surface area contributed by atoms with Crippen molar-refractivity contribution in [1.29, 1.82) is 0 Å². The second-order valence-electron chi connectivity index (χ2n) is 3.89. The predicted octanol–water partition coefficient (Wildman–Crippen LogP) is 3.35. The number of alkyl halides is 3. The highest BCUT2D eigenvalue weighted by Crippen LogP contribution is 2.24. The van der Waals surface area contributed by atoms with Crippen molar-refractivity contribution in [2.24, 2.45) is 5.92 Å². The smallest absolute Gasteiger partial charge is 0.317 e. The van der Waals surface area contributed by atoms with E-state index in [0.29, 0.717) is 5.92 Å². The van der Waals surface area contributed by atoms with Crippen LogP contribution in [0.25, 0.3) is 0 Å². The average Bonchev–Trinajstić information content (AvgIpc) is 2.10. The molecule has 0 aliphatic rings. The molecule has 1 nitrogen and oxygen atoms in total. The molecule has 0 aromatic heterocycles. The van der Waals surface area contributed by atoms with Crippen LogP contribution in [0.1, 0.15) is 39.5 Å². The first kappa shape index (κ1) is 13.8. The van der Waals surface area contributed by atoms with Crippen LogP contribution in [-0.4, -0.2) is 19.3 Å². The Hall–Kier alpha value is -0.250. The van der Waals surface area contributed by atoms with Gasteiger partial charge in [0, 0.05) is 12.5 Å². The van der Waals surface area contributed by atoms with Gasteiger partial charge in [0.2, 0.25) is 0 Å². The van der Waals surface area contributed by atoms with Crippen LogP contribution < -0.4 is 5.32 Å². The number of nitrogens with one attached hydrogen (secondary N) is 1. The van der Waals surface area contributed by atoms with E-state index in [9.17, 15) is 13.2 Å². The van der Waals surface area contributed by atoms with Gasteiger partial charge in [0.25, 0.3) is 0 Å². The van der Waals surface area contributed by atoms with Gasteiger partial charge >= 0.3 is 6.18 Å². The second kappa shape index (κ2) is 6.27. The summed E-state index contributed by atoms with van der Waals surface area (Å²) >= 11 is 0. The van der Waals surface area contributed by atoms with Crippen molar-refractivity contribution in [1.82, 2.24) is 5.32 Å². The summed E-state index contributed by atoms with van der Waals surface area (Å²) in [6, 6.07) is -0.00780. The summed E-state index contributed by atoms with van der Waals surface area (Å²) < 4.78 is 35.8. The lowest BCUT2D eigenvalue weighted by molar-refractivity contribution is -0.136. The van der Waals surface area contributed by atoms with Crippen LogP contribution in [0, 0.1) is 5.92 Å². The minimum absolute atomic E-state index is 0.00780. The molecule has 0 aliphatic heterocycles. The summed E-state index contributed by atoms with van der Waals surface area (Å²) in [4.78, 5) is 0. The normalized spacial score (nSPS) is 16.7. The Labute approximate surface area is 84.1 Å². The topological polar surface area (TPSA) is 12.0 Å². The molecule has 0 saturated carbocycles. The minimum atomic E-state index is -4.02. The van der Waals surface area contributed by atoms with Crippen molar-refractivity contribution in [2.75, 3.05) is 7.05 Å². The summed E-state index contributed by atoms with van der Waals surface area (Å²) in [6.45, 7) is 4.12. The first-order valence-corrected chi connectivity index (χ1v) is 5.13. The lowest BCUT2D eigenvalue weighted by Crippen LogP contribution is -2.29. The Kier molecular flexibility index (Phi) is 6.16. The zero-order chi connectivity index (χ0) is 11.2. The van der Waals surface area contributed by atoms with Crippen LogP contribution in [0.5, 0.6) is 0 Å². The fourth-order valence-corrected chi connectivity index (χ4v) is 1.37. The summed E-state index contributed by atoms with van der Waals surface area (Å²) in [5, 5.41) is 2.94. The lowest BCUT2D eigenvalue weighted by atomic mass is 9.96. The highest BCUT2D eigenvalue weighted by Gasteiger charge is 2.28. The highest BCUT2D eigenvalue weighted by atomic mass is 19.4. The third kappa shape index (κ3) is 7.18. The van der Waals surface area contributed by atoms with Gasteiger partial charge in [-0.15, -0.1) is 0 Å². The number of rotatable bonds is 6. The van der Waals surface area contributed by atoms with Crippen LogP contribution in [0.2, 0.25) is 0 Å². The van der Waals surface area contributed by atoms with E-state index in [2.05, 4.69) is 19.2 Å². The van der Waals surface area contributed by atoms with Gasteiger partial charge in [-0.25, -0.2) is 0 Å². The maximum Gasteiger partial charge on any atom is 0.389 e. The van der Waals surface area contributed by atoms with Crippen molar-refractivity contribution in [2.45, 2.75) is 51.7 Å². The molecular formula is C10H20F3N. The maximum atomic E-state index is 11.9. The minimum Gasteiger partial charge on any atom is -0.317 e. The molecule has 0 radical (unpaired) electrons. The molecule has 0 bridgehead atoms. The molecule has 0 heterocycles. The van der Waals surface area contributed by atoms with Gasteiger partial charge in [-0.3, -0.25) is 0 Å². The van der Waals surface area contributed by atoms with Gasteiger partial charge in [-0.05, 0) is 25.8 Å². The molecule has 0 amide bonds. The molecule has 1 N–H and O–H groups in total. The molecule has 0 rings (SSSR count). The van der Waals surface area contributed by atoms with Gasteiger partial charge in [0.1, 0.15) is 0 Å². The van der Waals surface area contributed by atoms with E-state index in [1.807, 2.05) is 0 Å². The third-order valence-corrected chi connectivity index (χ3v) is 2.57. The van der Waals surface area contributed by atoms with Gasteiger partial charge in [-0.1, -0.05) is 20.3 Å². The third-order valence-electron chi connectivity index (χ3n) is 2.57. The van der Waals surface area contributed by atoms with E-state index in [4.69, 9.17) is 0 Å². The molecule has 0 saturated heterocycles. The zero-order valence-electron chi connectivity index (χ0n) is 9.12. The van der Waals surface area contributed by atoms with Gasteiger partial charge in [0.05, 0.1) is 0 Å². The largest absolute Gasteiger partial charge is 0.389 e. The zero-order valence-corrected chi connectivity index (χ0v) is 9.12. The van der Waals surface area contributed by atoms with Crippen LogP contribution in [0.15, 0.2) is 0 Å². The van der Waals surface area contributed by atoms with Gasteiger partial charge in [-0.2, -0.15) is 13.2 Å². The van der Waals surface area contributed by atoms with Crippen molar-refractivity contribution in [3.8, 4) is 0 Å². The summed E-state index contributed by atoms with van der Waals surface area (Å²) in [7, 11) is 1.73. The van der Waals surface area contributed by atoms with Gasteiger partial charge in [0.15, 0.2) is 0 Å². The fourth-order valence-electron chi connectivity index (χ4n) is 1.37. The molecule has 2 unspecified atom stereocenters. The molecule has 2 atom stereocenters. The first-order valence-electron chi connectivity index (χ1n) is 5.13. The van der Waals surface area contributed by atoms with E-state index < -0.39 is 12.6 Å². The van der Waals surface area contributed by atoms with Crippen LogP contribution >= 0.6 is 0 Å². The van der Waals surface area contributed by atoms with Crippen molar-refractivity contribution in [3.05, 3.63) is 0 Å². The summed E-state index contributed by atoms with van der Waals surface area (Å²) in [6.07, 6.45) is -2.68. The quantitative estimate of drug-likeness (QED) is 0.710. The highest BCUT2D eigenvalue weighted by molar-refractivity contribution is 4.69. The molecule has 86 valence electrons. The number of hydrogen-bond donors (Lipinski definition) is 1. The van der Waals surface area contributed by atoms with Crippen molar-refractivity contribution in [3.63, 3.8) is 0 Å². The molecule has 0 aromatic carbocycles. The standard InChI is InChI=1S/C10H20F3N/c1-4-8(2)7-9(14-3)5-6-10(11,12)13/h8-9,14H,4-7H2,1-3H3. The Morgan fingerprint density at radius 3 is 2.21 bits per heavy atom. The Morgan fingerprint density at radius 2 is 1.86 bits per heavy atom. The van der Waals surface area contributed by atoms with Crippen LogP contribution in [0.3, 0.4) is 0 Å². The lowest BCUT2D eigenvalue weighted by Gasteiger charge is -2.20. The van der Waals surface area contributed by atoms with Gasteiger partial charge < -0.3 is 5.32 Å². The Morgan fingerprint density at radius 1 is 1.29 bits per heavy atom. The maximum absolute atomic E-state index is 11.9. The first-order chi connectivity index (χ1) is 6.39. The Balaban J connectivity index is 3.80. The summed E-state index contributed by atoms with van der Waals surface area (Å²) in [5.74, 6) is 0.487.